The molecule has 0 saturated heterocycles. The van der Waals surface area contributed by atoms with Gasteiger partial charge in [-0.2, -0.15) is 0 Å². The Balaban J connectivity index is 1.49. The van der Waals surface area contributed by atoms with Crippen LogP contribution in [0.15, 0.2) is 48.8 Å². The summed E-state index contributed by atoms with van der Waals surface area (Å²) < 4.78 is 0. The Morgan fingerprint density at radius 1 is 1.17 bits per heavy atom. The SMILES string of the molecule is CC(C)[C@H](C(=O)N[C@@H]1[C@H]2Cc3ccccc3[C@@H]21)c1ccncc1. The van der Waals surface area contributed by atoms with Crippen molar-refractivity contribution in [2.24, 2.45) is 11.8 Å². The van der Waals surface area contributed by atoms with Crippen LogP contribution in [-0.2, 0) is 11.2 Å². The predicted octanol–water partition coefficient (Wildman–Crippen LogP) is 3.28. The van der Waals surface area contributed by atoms with E-state index in [0.29, 0.717) is 17.9 Å². The average molecular weight is 306 g/mol. The van der Waals surface area contributed by atoms with Gasteiger partial charge < -0.3 is 5.32 Å². The van der Waals surface area contributed by atoms with Gasteiger partial charge in [0.15, 0.2) is 0 Å². The summed E-state index contributed by atoms with van der Waals surface area (Å²) in [7, 11) is 0. The maximum Gasteiger partial charge on any atom is 0.228 e. The van der Waals surface area contributed by atoms with Gasteiger partial charge in [-0.05, 0) is 47.1 Å². The normalized spacial score (nSPS) is 25.6. The van der Waals surface area contributed by atoms with Crippen molar-refractivity contribution in [2.75, 3.05) is 0 Å². The number of benzene rings is 1. The molecule has 2 aliphatic rings. The van der Waals surface area contributed by atoms with E-state index >= 15 is 0 Å². The van der Waals surface area contributed by atoms with Gasteiger partial charge in [0, 0.05) is 24.4 Å². The van der Waals surface area contributed by atoms with Crippen LogP contribution in [0.1, 0.15) is 42.4 Å². The molecule has 1 amide bonds. The van der Waals surface area contributed by atoms with Crippen molar-refractivity contribution in [3.8, 4) is 0 Å². The molecule has 0 bridgehead atoms. The second-order valence-corrected chi connectivity index (χ2v) is 7.13. The first kappa shape index (κ1) is 14.4. The van der Waals surface area contributed by atoms with Crippen LogP contribution < -0.4 is 5.32 Å². The molecule has 0 aliphatic heterocycles. The lowest BCUT2D eigenvalue weighted by molar-refractivity contribution is -0.123. The molecular weight excluding hydrogens is 284 g/mol. The summed E-state index contributed by atoms with van der Waals surface area (Å²) >= 11 is 0. The first-order valence-electron chi connectivity index (χ1n) is 8.45. The van der Waals surface area contributed by atoms with Crippen molar-refractivity contribution in [3.05, 3.63) is 65.5 Å². The number of nitrogens with one attached hydrogen (secondary N) is 1. The van der Waals surface area contributed by atoms with Crippen LogP contribution in [0.4, 0.5) is 0 Å². The van der Waals surface area contributed by atoms with Crippen molar-refractivity contribution in [1.29, 1.82) is 0 Å². The predicted molar refractivity (Wildman–Crippen MR) is 90.1 cm³/mol. The molecule has 0 spiro atoms. The number of pyridine rings is 1. The number of hydrogen-bond acceptors (Lipinski definition) is 2. The van der Waals surface area contributed by atoms with Gasteiger partial charge in [0.2, 0.25) is 5.91 Å². The van der Waals surface area contributed by atoms with Crippen LogP contribution in [-0.4, -0.2) is 16.9 Å². The Labute approximate surface area is 137 Å². The van der Waals surface area contributed by atoms with E-state index < -0.39 is 0 Å². The van der Waals surface area contributed by atoms with Crippen LogP contribution in [0.5, 0.6) is 0 Å². The average Bonchev–Trinajstić information content (AvgIpc) is 3.05. The van der Waals surface area contributed by atoms with E-state index in [1.165, 1.54) is 11.1 Å². The monoisotopic (exact) mass is 306 g/mol. The highest BCUT2D eigenvalue weighted by Crippen LogP contribution is 2.56. The number of aromatic nitrogens is 1. The van der Waals surface area contributed by atoms with Gasteiger partial charge in [-0.15, -0.1) is 0 Å². The topological polar surface area (TPSA) is 42.0 Å². The number of carbonyl (C=O) groups is 1. The number of carbonyl (C=O) groups excluding carboxylic acids is 1. The molecule has 1 heterocycles. The maximum absolute atomic E-state index is 12.8. The minimum Gasteiger partial charge on any atom is -0.352 e. The summed E-state index contributed by atoms with van der Waals surface area (Å²) in [5.74, 6) is 1.45. The fraction of sp³-hybridized carbons (Fsp3) is 0.400. The van der Waals surface area contributed by atoms with Crippen molar-refractivity contribution in [2.45, 2.75) is 38.1 Å². The van der Waals surface area contributed by atoms with Gasteiger partial charge in [0.1, 0.15) is 0 Å². The minimum atomic E-state index is -0.102. The summed E-state index contributed by atoms with van der Waals surface area (Å²) in [5.41, 5.74) is 3.95. The Morgan fingerprint density at radius 3 is 2.65 bits per heavy atom. The smallest absolute Gasteiger partial charge is 0.228 e. The van der Waals surface area contributed by atoms with E-state index in [9.17, 15) is 4.79 Å². The Kier molecular flexibility index (Phi) is 3.44. The van der Waals surface area contributed by atoms with Crippen molar-refractivity contribution < 1.29 is 4.79 Å². The molecule has 4 rings (SSSR count). The van der Waals surface area contributed by atoms with Crippen molar-refractivity contribution >= 4 is 5.91 Å². The lowest BCUT2D eigenvalue weighted by Gasteiger charge is -2.21. The molecule has 1 saturated carbocycles. The molecule has 0 unspecified atom stereocenters. The molecule has 2 aromatic rings. The van der Waals surface area contributed by atoms with Crippen molar-refractivity contribution in [1.82, 2.24) is 10.3 Å². The highest BCUT2D eigenvalue weighted by atomic mass is 16.2. The Morgan fingerprint density at radius 2 is 1.91 bits per heavy atom. The van der Waals surface area contributed by atoms with Gasteiger partial charge in [0.05, 0.1) is 5.92 Å². The third-order valence-corrected chi connectivity index (χ3v) is 5.36. The zero-order valence-corrected chi connectivity index (χ0v) is 13.6. The van der Waals surface area contributed by atoms with Gasteiger partial charge in [0.25, 0.3) is 0 Å². The number of amides is 1. The summed E-state index contributed by atoms with van der Waals surface area (Å²) in [6.07, 6.45) is 4.63. The summed E-state index contributed by atoms with van der Waals surface area (Å²) in [4.78, 5) is 16.9. The highest BCUT2D eigenvalue weighted by molar-refractivity contribution is 5.84. The van der Waals surface area contributed by atoms with E-state index in [0.717, 1.165) is 12.0 Å². The number of fused-ring (bicyclic) bond motifs is 3. The standard InChI is InChI=1S/C20H22N2O/c1-12(2)17(13-7-9-21-10-8-13)20(23)22-19-16-11-14-5-3-4-6-15(14)18(16)19/h3-10,12,16-19H,11H2,1-2H3,(H,22,23)/t16-,17-,18-,19+/m0/s1. The lowest BCUT2D eigenvalue weighted by Crippen LogP contribution is -2.35. The number of nitrogens with zero attached hydrogens (tertiary/aromatic N) is 1. The second kappa shape index (κ2) is 5.48. The molecule has 118 valence electrons. The van der Waals surface area contributed by atoms with Crippen LogP contribution in [0.25, 0.3) is 0 Å². The molecule has 3 nitrogen and oxygen atoms in total. The summed E-state index contributed by atoms with van der Waals surface area (Å²) in [6.45, 7) is 4.21. The van der Waals surface area contributed by atoms with Crippen LogP contribution in [0.2, 0.25) is 0 Å². The minimum absolute atomic E-state index is 0.102. The van der Waals surface area contributed by atoms with Gasteiger partial charge in [-0.25, -0.2) is 0 Å². The van der Waals surface area contributed by atoms with Gasteiger partial charge in [-0.3, -0.25) is 9.78 Å². The molecule has 1 fully saturated rings. The summed E-state index contributed by atoms with van der Waals surface area (Å²) in [5, 5.41) is 3.32. The molecule has 1 aromatic heterocycles. The molecule has 2 aliphatic carbocycles. The largest absolute Gasteiger partial charge is 0.352 e. The van der Waals surface area contributed by atoms with E-state index in [1.807, 2.05) is 12.1 Å². The molecule has 0 radical (unpaired) electrons. The highest BCUT2D eigenvalue weighted by Gasteiger charge is 2.56. The zero-order valence-electron chi connectivity index (χ0n) is 13.6. The van der Waals surface area contributed by atoms with Crippen LogP contribution >= 0.6 is 0 Å². The van der Waals surface area contributed by atoms with Gasteiger partial charge in [-0.1, -0.05) is 38.1 Å². The first-order valence-corrected chi connectivity index (χ1v) is 8.45. The fourth-order valence-electron chi connectivity index (χ4n) is 4.21. The van der Waals surface area contributed by atoms with Crippen LogP contribution in [0, 0.1) is 11.8 Å². The molecular formula is C20H22N2O. The molecule has 1 N–H and O–H groups in total. The maximum atomic E-state index is 12.8. The Bertz CT molecular complexity index is 725. The van der Waals surface area contributed by atoms with Crippen molar-refractivity contribution in [3.63, 3.8) is 0 Å². The third-order valence-electron chi connectivity index (χ3n) is 5.36. The quantitative estimate of drug-likeness (QED) is 0.942. The van der Waals surface area contributed by atoms with Crippen LogP contribution in [0.3, 0.4) is 0 Å². The van der Waals surface area contributed by atoms with E-state index in [1.54, 1.807) is 12.4 Å². The first-order chi connectivity index (χ1) is 11.2. The van der Waals surface area contributed by atoms with E-state index in [2.05, 4.69) is 48.4 Å². The zero-order chi connectivity index (χ0) is 16.0. The number of rotatable bonds is 4. The van der Waals surface area contributed by atoms with Gasteiger partial charge >= 0.3 is 0 Å². The summed E-state index contributed by atoms with van der Waals surface area (Å²) in [6, 6.07) is 12.9. The Hall–Kier alpha value is -2.16. The fourth-order valence-corrected chi connectivity index (χ4v) is 4.21. The van der Waals surface area contributed by atoms with E-state index in [4.69, 9.17) is 0 Å². The molecule has 4 atom stereocenters. The molecule has 1 aromatic carbocycles. The molecule has 23 heavy (non-hydrogen) atoms. The third kappa shape index (κ3) is 2.44. The lowest BCUT2D eigenvalue weighted by atomic mass is 9.88. The number of hydrogen-bond donors (Lipinski definition) is 1. The molecule has 3 heteroatoms. The van der Waals surface area contributed by atoms with E-state index in [-0.39, 0.29) is 17.7 Å². The second-order valence-electron chi connectivity index (χ2n) is 7.13.